The molecule has 2 saturated heterocycles. The van der Waals surface area contributed by atoms with Crippen LogP contribution in [0.1, 0.15) is 37.2 Å². The molecule has 10 heteroatoms. The van der Waals surface area contributed by atoms with Crippen LogP contribution in [-0.4, -0.2) is 91.7 Å². The van der Waals surface area contributed by atoms with E-state index in [0.717, 1.165) is 61.5 Å². The van der Waals surface area contributed by atoms with Gasteiger partial charge in [-0.1, -0.05) is 0 Å². The van der Waals surface area contributed by atoms with Crippen LogP contribution >= 0.6 is 15.9 Å². The van der Waals surface area contributed by atoms with Crippen molar-refractivity contribution in [2.24, 2.45) is 0 Å². The maximum atomic E-state index is 12.1. The minimum absolute atomic E-state index is 0.0762. The summed E-state index contributed by atoms with van der Waals surface area (Å²) in [6.07, 6.45) is 5.99. The van der Waals surface area contributed by atoms with Crippen LogP contribution in [0.3, 0.4) is 0 Å². The monoisotopic (exact) mass is 557 g/mol. The Hall–Kier alpha value is -2.43. The number of hydrogen-bond donors (Lipinski definition) is 2. The summed E-state index contributed by atoms with van der Waals surface area (Å²) < 4.78 is 6.14. The topological polar surface area (TPSA) is 85.9 Å². The van der Waals surface area contributed by atoms with Crippen LogP contribution in [0, 0.1) is 0 Å². The van der Waals surface area contributed by atoms with Crippen LogP contribution in [0.4, 0.5) is 23.1 Å². The van der Waals surface area contributed by atoms with Crippen LogP contribution in [0.15, 0.2) is 28.9 Å². The smallest absolute Gasteiger partial charge is 0.248 e. The Morgan fingerprint density at radius 3 is 2.81 bits per heavy atom. The van der Waals surface area contributed by atoms with E-state index in [9.17, 15) is 4.79 Å². The van der Waals surface area contributed by atoms with Crippen LogP contribution in [-0.2, 0) is 9.53 Å². The van der Waals surface area contributed by atoms with E-state index in [2.05, 4.69) is 66.6 Å². The number of rotatable bonds is 9. The van der Waals surface area contributed by atoms with Gasteiger partial charge in [-0.2, -0.15) is 4.98 Å². The SMILES string of the molecule is CN1CCN(c2ccc(Nc3ncc(Br)c(NCCCN4CCCOCC4=O)n3)c(C3CC3)c2)CC1. The highest BCUT2D eigenvalue weighted by molar-refractivity contribution is 9.10. The number of carbonyl (C=O) groups is 1. The summed E-state index contributed by atoms with van der Waals surface area (Å²) in [4.78, 5) is 28.1. The van der Waals surface area contributed by atoms with Gasteiger partial charge in [-0.25, -0.2) is 4.98 Å². The van der Waals surface area contributed by atoms with E-state index >= 15 is 0 Å². The zero-order valence-corrected chi connectivity index (χ0v) is 22.6. The number of benzene rings is 1. The van der Waals surface area contributed by atoms with Gasteiger partial charge in [0, 0.05) is 70.0 Å². The second kappa shape index (κ2) is 11.7. The highest BCUT2D eigenvalue weighted by Crippen LogP contribution is 2.45. The fraction of sp³-hybridized carbons (Fsp3) is 0.577. The van der Waals surface area contributed by atoms with Crippen molar-refractivity contribution in [2.45, 2.75) is 31.6 Å². The number of aromatic nitrogens is 2. The normalized spacial score (nSPS) is 19.3. The van der Waals surface area contributed by atoms with E-state index in [-0.39, 0.29) is 12.5 Å². The summed E-state index contributed by atoms with van der Waals surface area (Å²) in [6.45, 7) is 7.38. The summed E-state index contributed by atoms with van der Waals surface area (Å²) in [5.41, 5.74) is 3.76. The Bertz CT molecular complexity index is 1060. The maximum Gasteiger partial charge on any atom is 0.248 e. The lowest BCUT2D eigenvalue weighted by Crippen LogP contribution is -2.44. The number of hydrogen-bond acceptors (Lipinski definition) is 8. The zero-order chi connectivity index (χ0) is 24.9. The molecule has 2 N–H and O–H groups in total. The number of anilines is 4. The van der Waals surface area contributed by atoms with Crippen molar-refractivity contribution in [2.75, 3.05) is 81.6 Å². The highest BCUT2D eigenvalue weighted by Gasteiger charge is 2.28. The molecule has 194 valence electrons. The molecule has 1 amide bonds. The molecular formula is C26H36BrN7O2. The van der Waals surface area contributed by atoms with Crippen molar-refractivity contribution in [3.8, 4) is 0 Å². The second-order valence-corrected chi connectivity index (χ2v) is 10.8. The number of nitrogens with one attached hydrogen (secondary N) is 2. The number of nitrogens with zero attached hydrogens (tertiary/aromatic N) is 5. The number of ether oxygens (including phenoxy) is 1. The fourth-order valence-corrected chi connectivity index (χ4v) is 5.11. The predicted octanol–water partition coefficient (Wildman–Crippen LogP) is 3.66. The lowest BCUT2D eigenvalue weighted by molar-refractivity contribution is -0.133. The van der Waals surface area contributed by atoms with E-state index in [1.54, 1.807) is 6.20 Å². The van der Waals surface area contributed by atoms with Crippen molar-refractivity contribution in [3.63, 3.8) is 0 Å². The highest BCUT2D eigenvalue weighted by atomic mass is 79.9. The third-order valence-corrected chi connectivity index (χ3v) is 7.68. The summed E-state index contributed by atoms with van der Waals surface area (Å²) in [6, 6.07) is 6.76. The number of carbonyl (C=O) groups excluding carboxylic acids is 1. The molecule has 36 heavy (non-hydrogen) atoms. The number of piperazine rings is 1. The molecule has 1 aliphatic carbocycles. The minimum Gasteiger partial charge on any atom is -0.372 e. The Balaban J connectivity index is 1.21. The molecule has 3 fully saturated rings. The first-order chi connectivity index (χ1) is 17.6. The Morgan fingerprint density at radius 1 is 1.17 bits per heavy atom. The van der Waals surface area contributed by atoms with Gasteiger partial charge in [0.15, 0.2) is 0 Å². The molecule has 3 heterocycles. The van der Waals surface area contributed by atoms with Crippen molar-refractivity contribution < 1.29 is 9.53 Å². The van der Waals surface area contributed by atoms with Crippen LogP contribution in [0.2, 0.25) is 0 Å². The standard InChI is InChI=1S/C26H36BrN7O2/c1-32-11-13-33(14-12-32)20-6-7-23(21(16-20)19-4-5-19)30-26-29-17-22(27)25(31-26)28-8-2-9-34-10-3-15-36-18-24(34)35/h6-7,16-17,19H,2-5,8-15,18H2,1H3,(H2,28,29,30,31). The van der Waals surface area contributed by atoms with E-state index in [0.29, 0.717) is 31.6 Å². The second-order valence-electron chi connectivity index (χ2n) is 9.92. The van der Waals surface area contributed by atoms with E-state index in [1.807, 2.05) is 4.90 Å². The molecule has 0 unspecified atom stereocenters. The van der Waals surface area contributed by atoms with Gasteiger partial charge in [0.25, 0.3) is 0 Å². The molecule has 1 saturated carbocycles. The van der Waals surface area contributed by atoms with Gasteiger partial charge in [-0.3, -0.25) is 4.79 Å². The minimum atomic E-state index is 0.0762. The lowest BCUT2D eigenvalue weighted by atomic mass is 10.1. The molecule has 2 aromatic rings. The van der Waals surface area contributed by atoms with Gasteiger partial charge in [0.2, 0.25) is 11.9 Å². The molecular weight excluding hydrogens is 522 g/mol. The summed E-state index contributed by atoms with van der Waals surface area (Å²) in [7, 11) is 2.19. The van der Waals surface area contributed by atoms with Gasteiger partial charge < -0.3 is 30.1 Å². The average molecular weight is 559 g/mol. The van der Waals surface area contributed by atoms with E-state index in [4.69, 9.17) is 9.72 Å². The third kappa shape index (κ3) is 6.46. The molecule has 0 bridgehead atoms. The first kappa shape index (κ1) is 25.2. The number of likely N-dealkylation sites (N-methyl/N-ethyl adjacent to an activating group) is 1. The van der Waals surface area contributed by atoms with E-state index < -0.39 is 0 Å². The predicted molar refractivity (Wildman–Crippen MR) is 146 cm³/mol. The Labute approximate surface area is 221 Å². The molecule has 2 aliphatic heterocycles. The number of halogens is 1. The van der Waals surface area contributed by atoms with Crippen molar-refractivity contribution in [3.05, 3.63) is 34.4 Å². The molecule has 1 aromatic heterocycles. The molecule has 5 rings (SSSR count). The zero-order valence-electron chi connectivity index (χ0n) is 21.0. The van der Waals surface area contributed by atoms with Gasteiger partial charge >= 0.3 is 0 Å². The van der Waals surface area contributed by atoms with Gasteiger partial charge in [-0.15, -0.1) is 0 Å². The largest absolute Gasteiger partial charge is 0.372 e. The van der Waals surface area contributed by atoms with Crippen molar-refractivity contribution in [1.29, 1.82) is 0 Å². The number of amides is 1. The lowest BCUT2D eigenvalue weighted by Gasteiger charge is -2.34. The van der Waals surface area contributed by atoms with Gasteiger partial charge in [-0.05, 0) is 78.3 Å². The molecule has 9 nitrogen and oxygen atoms in total. The van der Waals surface area contributed by atoms with Crippen molar-refractivity contribution in [1.82, 2.24) is 19.8 Å². The molecule has 0 spiro atoms. The van der Waals surface area contributed by atoms with Gasteiger partial charge in [0.1, 0.15) is 12.4 Å². The van der Waals surface area contributed by atoms with Crippen LogP contribution < -0.4 is 15.5 Å². The van der Waals surface area contributed by atoms with Crippen LogP contribution in [0.25, 0.3) is 0 Å². The molecule has 3 aliphatic rings. The Kier molecular flexibility index (Phi) is 8.23. The summed E-state index contributed by atoms with van der Waals surface area (Å²) >= 11 is 3.56. The summed E-state index contributed by atoms with van der Waals surface area (Å²) in [5.74, 6) is 2.02. The molecule has 0 radical (unpaired) electrons. The van der Waals surface area contributed by atoms with E-state index in [1.165, 1.54) is 24.1 Å². The first-order valence-corrected chi connectivity index (χ1v) is 13.8. The Morgan fingerprint density at radius 2 is 2.00 bits per heavy atom. The van der Waals surface area contributed by atoms with Gasteiger partial charge in [0.05, 0.1) is 4.47 Å². The third-order valence-electron chi connectivity index (χ3n) is 7.10. The first-order valence-electron chi connectivity index (χ1n) is 13.0. The average Bonchev–Trinajstić information content (AvgIpc) is 3.74. The molecule has 0 atom stereocenters. The van der Waals surface area contributed by atoms with Crippen LogP contribution in [0.5, 0.6) is 0 Å². The quantitative estimate of drug-likeness (QED) is 0.452. The summed E-state index contributed by atoms with van der Waals surface area (Å²) in [5, 5.41) is 6.87. The van der Waals surface area contributed by atoms with Crippen molar-refractivity contribution >= 4 is 45.0 Å². The maximum absolute atomic E-state index is 12.1. The molecule has 1 aromatic carbocycles. The fourth-order valence-electron chi connectivity index (χ4n) is 4.78.